The van der Waals surface area contributed by atoms with Crippen LogP contribution in [0.4, 0.5) is 26.3 Å². The quantitative estimate of drug-likeness (QED) is 0.622. The maximum Gasteiger partial charge on any atom is 0.424 e. The number of alkyl halides is 3. The molecule has 0 unspecified atom stereocenters. The molecule has 0 radical (unpaired) electrons. The van der Waals surface area contributed by atoms with Crippen molar-refractivity contribution in [2.45, 2.75) is 38.1 Å². The minimum absolute atomic E-state index is 0.0970. The topological polar surface area (TPSA) is 71.2 Å². The van der Waals surface area contributed by atoms with E-state index < -0.39 is 58.3 Å². The van der Waals surface area contributed by atoms with Crippen LogP contribution < -0.4 is 11.1 Å². The highest BCUT2D eigenvalue weighted by Crippen LogP contribution is 2.42. The minimum Gasteiger partial charge on any atom is -0.374 e. The van der Waals surface area contributed by atoms with E-state index in [1.54, 1.807) is 6.92 Å². The lowest BCUT2D eigenvalue weighted by molar-refractivity contribution is -0.264. The van der Waals surface area contributed by atoms with Crippen molar-refractivity contribution >= 4 is 0 Å². The molecule has 1 aromatic heterocycles. The molecule has 160 valence electrons. The van der Waals surface area contributed by atoms with Gasteiger partial charge < -0.3 is 16.2 Å². The molecule has 2 aromatic rings. The van der Waals surface area contributed by atoms with Crippen LogP contribution >= 0.6 is 0 Å². The summed E-state index contributed by atoms with van der Waals surface area (Å²) in [5, 5.41) is 13.0. The lowest BCUT2D eigenvalue weighted by Crippen LogP contribution is -2.50. The Labute approximate surface area is 163 Å². The average Bonchev–Trinajstić information content (AvgIpc) is 2.61. The molecule has 0 amide bonds. The predicted molar refractivity (Wildman–Crippen MR) is 95.3 cm³/mol. The molecule has 0 aliphatic rings. The number of nitrogens with two attached hydrogens (primary N) is 1. The average molecular weight is 421 g/mol. The Balaban J connectivity index is 2.95. The molecule has 0 saturated carbocycles. The number of benzene rings is 1. The summed E-state index contributed by atoms with van der Waals surface area (Å²) in [5.41, 5.74) is -3.15. The van der Waals surface area contributed by atoms with Gasteiger partial charge in [0.25, 0.3) is 0 Å². The Morgan fingerprint density at radius 3 is 2.03 bits per heavy atom. The summed E-state index contributed by atoms with van der Waals surface area (Å²) in [6, 6.07) is 4.07. The Hall–Kier alpha value is -2.17. The fraction of sp³-hybridized carbons (Fsp3) is 0.421. The third-order valence-corrected chi connectivity index (χ3v) is 4.60. The highest BCUT2D eigenvalue weighted by atomic mass is 19.4. The number of hydrogen-bond donors (Lipinski definition) is 3. The third kappa shape index (κ3) is 4.10. The molecule has 1 aromatic carbocycles. The van der Waals surface area contributed by atoms with Gasteiger partial charge in [-0.2, -0.15) is 13.2 Å². The largest absolute Gasteiger partial charge is 0.424 e. The molecule has 0 saturated heterocycles. The Bertz CT molecular complexity index is 883. The molecule has 0 aliphatic carbocycles. The van der Waals surface area contributed by atoms with Crippen molar-refractivity contribution in [1.29, 1.82) is 0 Å². The van der Waals surface area contributed by atoms with Gasteiger partial charge in [-0.3, -0.25) is 0 Å². The second-order valence-electron chi connectivity index (χ2n) is 7.04. The van der Waals surface area contributed by atoms with Gasteiger partial charge in [-0.05, 0) is 44.7 Å². The van der Waals surface area contributed by atoms with Gasteiger partial charge in [0.15, 0.2) is 11.6 Å². The first kappa shape index (κ1) is 23.1. The standard InChI is InChI=1S/C19H21F6N3O/c1-4-27-17(2,3)12-13(21)15(10-5-7-11(20)8-6-10)28-16(14(12)22)18(29,9-26)19(23,24)25/h5-8,27,29H,4,9,26H2,1-3H3/t18-/m0/s1. The molecule has 4 nitrogen and oxygen atoms in total. The molecule has 1 atom stereocenters. The molecular weight excluding hydrogens is 400 g/mol. The van der Waals surface area contributed by atoms with Crippen LogP contribution in [0.25, 0.3) is 11.3 Å². The molecule has 2 rings (SSSR count). The molecule has 10 heteroatoms. The van der Waals surface area contributed by atoms with E-state index in [0.717, 1.165) is 24.3 Å². The first-order chi connectivity index (χ1) is 13.3. The van der Waals surface area contributed by atoms with Crippen molar-refractivity contribution in [3.05, 3.63) is 53.0 Å². The lowest BCUT2D eigenvalue weighted by Gasteiger charge is -2.33. The summed E-state index contributed by atoms with van der Waals surface area (Å²) in [5.74, 6) is -3.56. The van der Waals surface area contributed by atoms with Crippen molar-refractivity contribution in [2.75, 3.05) is 13.1 Å². The number of aromatic nitrogens is 1. The monoisotopic (exact) mass is 421 g/mol. The van der Waals surface area contributed by atoms with E-state index in [9.17, 15) is 22.7 Å². The Morgan fingerprint density at radius 1 is 1.03 bits per heavy atom. The van der Waals surface area contributed by atoms with E-state index in [1.807, 2.05) is 0 Å². The number of aliphatic hydroxyl groups is 1. The predicted octanol–water partition coefficient (Wildman–Crippen LogP) is 3.72. The van der Waals surface area contributed by atoms with Crippen molar-refractivity contribution in [1.82, 2.24) is 10.3 Å². The van der Waals surface area contributed by atoms with E-state index in [2.05, 4.69) is 10.3 Å². The van der Waals surface area contributed by atoms with Gasteiger partial charge in [-0.1, -0.05) is 6.92 Å². The van der Waals surface area contributed by atoms with Crippen LogP contribution in [0.3, 0.4) is 0 Å². The van der Waals surface area contributed by atoms with Gasteiger partial charge in [-0.15, -0.1) is 0 Å². The summed E-state index contributed by atoms with van der Waals surface area (Å²) < 4.78 is 84.3. The smallest absolute Gasteiger partial charge is 0.374 e. The molecule has 29 heavy (non-hydrogen) atoms. The zero-order valence-electron chi connectivity index (χ0n) is 16.0. The van der Waals surface area contributed by atoms with E-state index in [0.29, 0.717) is 0 Å². The van der Waals surface area contributed by atoms with Crippen molar-refractivity contribution in [3.8, 4) is 11.3 Å². The Kier molecular flexibility index (Phi) is 6.32. The van der Waals surface area contributed by atoms with Crippen LogP contribution in [-0.2, 0) is 11.1 Å². The van der Waals surface area contributed by atoms with Gasteiger partial charge in [0.1, 0.15) is 17.2 Å². The number of nitrogens with one attached hydrogen (secondary N) is 1. The van der Waals surface area contributed by atoms with Crippen LogP contribution in [0.5, 0.6) is 0 Å². The van der Waals surface area contributed by atoms with Crippen molar-refractivity contribution in [3.63, 3.8) is 0 Å². The highest BCUT2D eigenvalue weighted by molar-refractivity contribution is 5.62. The zero-order valence-corrected chi connectivity index (χ0v) is 16.0. The lowest BCUT2D eigenvalue weighted by atomic mass is 9.87. The van der Waals surface area contributed by atoms with Crippen LogP contribution in [-0.4, -0.2) is 29.4 Å². The van der Waals surface area contributed by atoms with Crippen molar-refractivity contribution < 1.29 is 31.4 Å². The summed E-state index contributed by atoms with van der Waals surface area (Å²) in [4.78, 5) is 3.47. The zero-order chi connectivity index (χ0) is 22.2. The third-order valence-electron chi connectivity index (χ3n) is 4.60. The van der Waals surface area contributed by atoms with Crippen molar-refractivity contribution in [2.24, 2.45) is 5.73 Å². The number of nitrogens with zero attached hydrogens (tertiary/aromatic N) is 1. The highest BCUT2D eigenvalue weighted by Gasteiger charge is 2.57. The maximum atomic E-state index is 15.3. The van der Waals surface area contributed by atoms with Crippen LogP contribution in [0, 0.1) is 17.5 Å². The molecule has 4 N–H and O–H groups in total. The van der Waals surface area contributed by atoms with Crippen LogP contribution in [0.1, 0.15) is 32.0 Å². The molecule has 0 spiro atoms. The van der Waals surface area contributed by atoms with Gasteiger partial charge in [-0.25, -0.2) is 18.2 Å². The minimum atomic E-state index is -5.38. The van der Waals surface area contributed by atoms with Gasteiger partial charge in [0.2, 0.25) is 5.60 Å². The second-order valence-corrected chi connectivity index (χ2v) is 7.04. The van der Waals surface area contributed by atoms with Gasteiger partial charge in [0, 0.05) is 23.2 Å². The SMILES string of the molecule is CCNC(C)(C)c1c(F)c(-c2ccc(F)cc2)nc([C@@](O)(CN)C(F)(F)F)c1F. The number of hydrogen-bond acceptors (Lipinski definition) is 4. The molecule has 0 aliphatic heterocycles. The second kappa shape index (κ2) is 7.92. The molecular formula is C19H21F6N3O. The fourth-order valence-electron chi connectivity index (χ4n) is 3.04. The van der Waals surface area contributed by atoms with E-state index in [4.69, 9.17) is 5.73 Å². The summed E-state index contributed by atoms with van der Waals surface area (Å²) in [6.07, 6.45) is -5.38. The summed E-state index contributed by atoms with van der Waals surface area (Å²) in [7, 11) is 0. The maximum absolute atomic E-state index is 15.3. The van der Waals surface area contributed by atoms with Gasteiger partial charge >= 0.3 is 6.18 Å². The molecule has 1 heterocycles. The normalized spacial score (nSPS) is 14.7. The summed E-state index contributed by atoms with van der Waals surface area (Å²) in [6.45, 7) is 3.19. The van der Waals surface area contributed by atoms with E-state index in [1.165, 1.54) is 13.8 Å². The number of rotatable bonds is 6. The van der Waals surface area contributed by atoms with E-state index >= 15 is 8.78 Å². The van der Waals surface area contributed by atoms with Gasteiger partial charge in [0.05, 0.1) is 0 Å². The first-order valence-corrected chi connectivity index (χ1v) is 8.70. The molecule has 0 bridgehead atoms. The van der Waals surface area contributed by atoms with E-state index in [-0.39, 0.29) is 12.1 Å². The Morgan fingerprint density at radius 2 is 1.59 bits per heavy atom. The number of pyridine rings is 1. The fourth-order valence-corrected chi connectivity index (χ4v) is 3.04. The van der Waals surface area contributed by atoms with Crippen LogP contribution in [0.2, 0.25) is 0 Å². The first-order valence-electron chi connectivity index (χ1n) is 8.70. The van der Waals surface area contributed by atoms with Crippen LogP contribution in [0.15, 0.2) is 24.3 Å². The molecule has 0 fully saturated rings. The summed E-state index contributed by atoms with van der Waals surface area (Å²) >= 11 is 0. The number of halogens is 6.